The van der Waals surface area contributed by atoms with Crippen molar-refractivity contribution in [2.24, 2.45) is 0 Å². The number of halogens is 2. The number of rotatable bonds is 6. The highest BCUT2D eigenvalue weighted by Crippen LogP contribution is 2.34. The first kappa shape index (κ1) is 18.1. The molecule has 0 aromatic heterocycles. The highest BCUT2D eigenvalue weighted by Gasteiger charge is 2.19. The molecule has 2 aromatic rings. The van der Waals surface area contributed by atoms with Crippen LogP contribution in [0.2, 0.25) is 5.02 Å². The molecule has 2 aromatic carbocycles. The molecule has 0 spiro atoms. The topological polar surface area (TPSA) is 46.2 Å². The van der Waals surface area contributed by atoms with E-state index in [0.29, 0.717) is 28.8 Å². The van der Waals surface area contributed by atoms with Crippen molar-refractivity contribution in [2.75, 3.05) is 0 Å². The fraction of sp³-hybridized carbons (Fsp3) is 0.263. The van der Waals surface area contributed by atoms with Gasteiger partial charge >= 0.3 is 0 Å². The highest BCUT2D eigenvalue weighted by atomic mass is 35.5. The molecule has 0 aliphatic heterocycles. The Hall–Kier alpha value is -2.20. The number of amides is 1. The van der Waals surface area contributed by atoms with Crippen molar-refractivity contribution in [1.82, 2.24) is 5.32 Å². The number of benzene rings is 2. The lowest BCUT2D eigenvalue weighted by atomic mass is 9.91. The first-order chi connectivity index (χ1) is 11.4. The summed E-state index contributed by atoms with van der Waals surface area (Å²) in [7, 11) is 0. The summed E-state index contributed by atoms with van der Waals surface area (Å²) in [5, 5.41) is 3.16. The molecule has 0 saturated heterocycles. The summed E-state index contributed by atoms with van der Waals surface area (Å²) in [5.74, 6) is -0.413. The number of aldehydes is 1. The Kier molecular flexibility index (Phi) is 5.73. The zero-order valence-corrected chi connectivity index (χ0v) is 14.6. The van der Waals surface area contributed by atoms with Gasteiger partial charge in [-0.15, -0.1) is 0 Å². The molecule has 3 nitrogen and oxygen atoms in total. The van der Waals surface area contributed by atoms with Crippen LogP contribution in [-0.4, -0.2) is 12.7 Å². The van der Waals surface area contributed by atoms with Crippen LogP contribution in [0.15, 0.2) is 24.3 Å². The predicted octanol–water partition coefficient (Wildman–Crippen LogP) is 4.45. The lowest BCUT2D eigenvalue weighted by molar-refractivity contribution is -0.111. The summed E-state index contributed by atoms with van der Waals surface area (Å²) in [5.41, 5.74) is 4.52. The predicted molar refractivity (Wildman–Crippen MR) is 93.7 cm³/mol. The van der Waals surface area contributed by atoms with Crippen LogP contribution < -0.4 is 5.32 Å². The average molecular weight is 348 g/mol. The molecular formula is C19H19ClFNO2. The van der Waals surface area contributed by atoms with Gasteiger partial charge in [-0.05, 0) is 72.9 Å². The molecule has 24 heavy (non-hydrogen) atoms. The van der Waals surface area contributed by atoms with Crippen molar-refractivity contribution >= 4 is 24.3 Å². The van der Waals surface area contributed by atoms with Crippen LogP contribution in [0.3, 0.4) is 0 Å². The van der Waals surface area contributed by atoms with E-state index in [1.807, 2.05) is 26.0 Å². The molecule has 0 radical (unpaired) electrons. The lowest BCUT2D eigenvalue weighted by Gasteiger charge is -2.19. The Morgan fingerprint density at radius 3 is 2.25 bits per heavy atom. The molecule has 0 fully saturated rings. The molecule has 126 valence electrons. The monoisotopic (exact) mass is 347 g/mol. The Morgan fingerprint density at radius 2 is 1.71 bits per heavy atom. The van der Waals surface area contributed by atoms with E-state index < -0.39 is 11.9 Å². The third kappa shape index (κ3) is 3.65. The van der Waals surface area contributed by atoms with Crippen molar-refractivity contribution in [2.45, 2.75) is 33.2 Å². The van der Waals surface area contributed by atoms with Gasteiger partial charge in [0, 0.05) is 17.0 Å². The van der Waals surface area contributed by atoms with Crippen molar-refractivity contribution in [3.8, 4) is 11.1 Å². The molecule has 0 heterocycles. The summed E-state index contributed by atoms with van der Waals surface area (Å²) in [6, 6.07) is 6.48. The summed E-state index contributed by atoms with van der Waals surface area (Å²) in [6.45, 7) is 5.56. The van der Waals surface area contributed by atoms with Crippen molar-refractivity contribution < 1.29 is 14.0 Å². The van der Waals surface area contributed by atoms with E-state index in [9.17, 15) is 14.0 Å². The van der Waals surface area contributed by atoms with E-state index in [1.165, 1.54) is 0 Å². The quantitative estimate of drug-likeness (QED) is 0.785. The second-order valence-electron chi connectivity index (χ2n) is 5.85. The minimum absolute atomic E-state index is 0.0110. The Bertz CT molecular complexity index is 756. The maximum absolute atomic E-state index is 14.6. The van der Waals surface area contributed by atoms with Gasteiger partial charge in [0.1, 0.15) is 12.1 Å². The Morgan fingerprint density at radius 1 is 1.08 bits per heavy atom. The van der Waals surface area contributed by atoms with Crippen LogP contribution in [0.5, 0.6) is 0 Å². The minimum atomic E-state index is -0.688. The van der Waals surface area contributed by atoms with Crippen LogP contribution in [0, 0.1) is 26.6 Å². The maximum atomic E-state index is 14.6. The SMILES string of the molecule is Cc1cc(-c2c(C)cc(Cl)cc2C)cc([C@H](CC=O)NC=O)c1F. The zero-order valence-electron chi connectivity index (χ0n) is 13.8. The fourth-order valence-corrected chi connectivity index (χ4v) is 3.35. The van der Waals surface area contributed by atoms with Gasteiger partial charge in [-0.25, -0.2) is 4.39 Å². The van der Waals surface area contributed by atoms with Gasteiger partial charge in [0.05, 0.1) is 6.04 Å². The summed E-state index contributed by atoms with van der Waals surface area (Å²) in [6.07, 6.45) is 1.16. The molecule has 1 atom stereocenters. The number of hydrogen-bond donors (Lipinski definition) is 1. The van der Waals surface area contributed by atoms with E-state index in [2.05, 4.69) is 5.32 Å². The van der Waals surface area contributed by atoms with E-state index >= 15 is 0 Å². The summed E-state index contributed by atoms with van der Waals surface area (Å²) < 4.78 is 14.6. The number of aryl methyl sites for hydroxylation is 3. The van der Waals surface area contributed by atoms with Crippen molar-refractivity contribution in [3.05, 3.63) is 57.4 Å². The van der Waals surface area contributed by atoms with Crippen molar-refractivity contribution in [3.63, 3.8) is 0 Å². The third-order valence-corrected chi connectivity index (χ3v) is 4.26. The first-order valence-electron chi connectivity index (χ1n) is 7.59. The smallest absolute Gasteiger partial charge is 0.207 e. The van der Waals surface area contributed by atoms with Gasteiger partial charge in [-0.2, -0.15) is 0 Å². The van der Waals surface area contributed by atoms with Gasteiger partial charge < -0.3 is 10.1 Å². The standard InChI is InChI=1S/C19H19ClFNO2/c1-11-7-15(20)8-12(2)18(11)14-6-13(3)19(21)16(9-14)17(4-5-23)22-10-24/h5-10,17H,4H2,1-3H3,(H,22,24)/t17-/m0/s1. The molecule has 0 aliphatic carbocycles. The Balaban J connectivity index is 2.66. The van der Waals surface area contributed by atoms with Gasteiger partial charge in [0.2, 0.25) is 6.41 Å². The second-order valence-corrected chi connectivity index (χ2v) is 6.29. The number of nitrogens with one attached hydrogen (secondary N) is 1. The Labute approximate surface area is 145 Å². The fourth-order valence-electron chi connectivity index (χ4n) is 3.02. The van der Waals surface area contributed by atoms with E-state index in [-0.39, 0.29) is 6.42 Å². The molecule has 1 amide bonds. The van der Waals surface area contributed by atoms with Gasteiger partial charge in [0.25, 0.3) is 0 Å². The number of carbonyl (C=O) groups is 2. The van der Waals surface area contributed by atoms with Crippen molar-refractivity contribution in [1.29, 1.82) is 0 Å². The van der Waals surface area contributed by atoms with Gasteiger partial charge in [-0.1, -0.05) is 11.6 Å². The van der Waals surface area contributed by atoms with Crippen LogP contribution in [0.4, 0.5) is 4.39 Å². The normalized spacial score (nSPS) is 11.9. The number of carbonyl (C=O) groups excluding carboxylic acids is 2. The maximum Gasteiger partial charge on any atom is 0.207 e. The van der Waals surface area contributed by atoms with Gasteiger partial charge in [0.15, 0.2) is 0 Å². The minimum Gasteiger partial charge on any atom is -0.351 e. The van der Waals surface area contributed by atoms with Gasteiger partial charge in [-0.3, -0.25) is 4.79 Å². The molecule has 5 heteroatoms. The zero-order chi connectivity index (χ0) is 17.9. The van der Waals surface area contributed by atoms with E-state index in [1.54, 1.807) is 19.1 Å². The van der Waals surface area contributed by atoms with Crippen LogP contribution in [-0.2, 0) is 9.59 Å². The first-order valence-corrected chi connectivity index (χ1v) is 7.97. The number of hydrogen-bond acceptors (Lipinski definition) is 2. The average Bonchev–Trinajstić information content (AvgIpc) is 2.49. The molecule has 0 saturated carbocycles. The third-order valence-electron chi connectivity index (χ3n) is 4.05. The molecular weight excluding hydrogens is 329 g/mol. The van der Waals surface area contributed by atoms with E-state index in [4.69, 9.17) is 11.6 Å². The second kappa shape index (κ2) is 7.58. The van der Waals surface area contributed by atoms with Crippen LogP contribution in [0.25, 0.3) is 11.1 Å². The highest BCUT2D eigenvalue weighted by molar-refractivity contribution is 6.30. The molecule has 0 unspecified atom stereocenters. The molecule has 1 N–H and O–H groups in total. The molecule has 2 rings (SSSR count). The summed E-state index contributed by atoms with van der Waals surface area (Å²) in [4.78, 5) is 21.7. The summed E-state index contributed by atoms with van der Waals surface area (Å²) >= 11 is 6.08. The molecule has 0 aliphatic rings. The van der Waals surface area contributed by atoms with Crippen LogP contribution >= 0.6 is 11.6 Å². The van der Waals surface area contributed by atoms with Crippen LogP contribution in [0.1, 0.15) is 34.7 Å². The van der Waals surface area contributed by atoms with E-state index in [0.717, 1.165) is 22.3 Å². The molecule has 0 bridgehead atoms. The lowest BCUT2D eigenvalue weighted by Crippen LogP contribution is -2.21. The largest absolute Gasteiger partial charge is 0.351 e.